The molecule has 0 aromatic heterocycles. The number of nitrogens with one attached hydrogen (secondary N) is 2. The first-order valence-corrected chi connectivity index (χ1v) is 7.70. The first-order chi connectivity index (χ1) is 9.88. The molecule has 0 aliphatic carbocycles. The van der Waals surface area contributed by atoms with Gasteiger partial charge in [-0.2, -0.15) is 0 Å². The summed E-state index contributed by atoms with van der Waals surface area (Å²) in [6, 6.07) is 6.29. The van der Waals surface area contributed by atoms with Crippen LogP contribution in [0.4, 0.5) is 0 Å². The molecule has 0 saturated carbocycles. The summed E-state index contributed by atoms with van der Waals surface area (Å²) in [6.45, 7) is 9.15. The molecule has 0 fully saturated rings. The maximum atomic E-state index is 11.5. The van der Waals surface area contributed by atoms with Crippen molar-refractivity contribution >= 4 is 17.5 Å². The van der Waals surface area contributed by atoms with Crippen LogP contribution in [0.3, 0.4) is 0 Å². The van der Waals surface area contributed by atoms with Crippen LogP contribution in [0, 0.1) is 0 Å². The molecule has 118 valence electrons. The standard InChI is InChI=1S/C16H25ClN2O2/c1-11(2)18-10-13-5-6-15(14(17)9-13)21-8-7-16(20)19-12(3)4/h5-6,9,11-12,18H,7-8,10H2,1-4H3,(H,19,20). The Morgan fingerprint density at radius 2 is 1.95 bits per heavy atom. The monoisotopic (exact) mass is 312 g/mol. The molecule has 21 heavy (non-hydrogen) atoms. The van der Waals surface area contributed by atoms with E-state index in [0.717, 1.165) is 12.1 Å². The number of hydrogen-bond acceptors (Lipinski definition) is 3. The number of carbonyl (C=O) groups is 1. The first kappa shape index (κ1) is 17.8. The highest BCUT2D eigenvalue weighted by molar-refractivity contribution is 6.32. The van der Waals surface area contributed by atoms with Gasteiger partial charge in [0.25, 0.3) is 0 Å². The fraction of sp³-hybridized carbons (Fsp3) is 0.562. The van der Waals surface area contributed by atoms with E-state index in [4.69, 9.17) is 16.3 Å². The van der Waals surface area contributed by atoms with Gasteiger partial charge in [0.15, 0.2) is 0 Å². The predicted octanol–water partition coefficient (Wildman–Crippen LogP) is 3.13. The molecule has 0 aliphatic heterocycles. The molecule has 4 nitrogen and oxygen atoms in total. The zero-order chi connectivity index (χ0) is 15.8. The van der Waals surface area contributed by atoms with Crippen LogP contribution in [0.15, 0.2) is 18.2 Å². The fourth-order valence-electron chi connectivity index (χ4n) is 1.74. The second-order valence-corrected chi connectivity index (χ2v) is 6.03. The van der Waals surface area contributed by atoms with Crippen molar-refractivity contribution in [3.05, 3.63) is 28.8 Å². The van der Waals surface area contributed by atoms with Gasteiger partial charge in [-0.25, -0.2) is 0 Å². The van der Waals surface area contributed by atoms with Crippen LogP contribution in [0.2, 0.25) is 5.02 Å². The van der Waals surface area contributed by atoms with E-state index in [1.807, 2.05) is 32.0 Å². The Kier molecular flexibility index (Phi) is 7.54. The molecule has 0 heterocycles. The van der Waals surface area contributed by atoms with Crippen molar-refractivity contribution in [1.29, 1.82) is 0 Å². The fourth-order valence-corrected chi connectivity index (χ4v) is 2.00. The number of amides is 1. The van der Waals surface area contributed by atoms with Crippen molar-refractivity contribution in [3.8, 4) is 5.75 Å². The lowest BCUT2D eigenvalue weighted by molar-refractivity contribution is -0.122. The van der Waals surface area contributed by atoms with Crippen LogP contribution in [-0.2, 0) is 11.3 Å². The largest absolute Gasteiger partial charge is 0.491 e. The second-order valence-electron chi connectivity index (χ2n) is 5.62. The van der Waals surface area contributed by atoms with Crippen molar-refractivity contribution in [2.45, 2.75) is 52.7 Å². The van der Waals surface area contributed by atoms with Crippen molar-refractivity contribution in [2.24, 2.45) is 0 Å². The minimum atomic E-state index is -0.0149. The van der Waals surface area contributed by atoms with E-state index >= 15 is 0 Å². The minimum absolute atomic E-state index is 0.0149. The summed E-state index contributed by atoms with van der Waals surface area (Å²) in [7, 11) is 0. The van der Waals surface area contributed by atoms with E-state index in [1.165, 1.54) is 0 Å². The van der Waals surface area contributed by atoms with Gasteiger partial charge in [-0.15, -0.1) is 0 Å². The molecule has 0 aliphatic rings. The Balaban J connectivity index is 2.44. The molecule has 1 aromatic rings. The normalized spacial score (nSPS) is 11.0. The lowest BCUT2D eigenvalue weighted by Crippen LogP contribution is -2.31. The Labute approximate surface area is 132 Å². The lowest BCUT2D eigenvalue weighted by Gasteiger charge is -2.12. The lowest BCUT2D eigenvalue weighted by atomic mass is 10.2. The van der Waals surface area contributed by atoms with E-state index in [-0.39, 0.29) is 11.9 Å². The van der Waals surface area contributed by atoms with Crippen LogP contribution < -0.4 is 15.4 Å². The Morgan fingerprint density at radius 1 is 1.24 bits per heavy atom. The van der Waals surface area contributed by atoms with Crippen LogP contribution in [-0.4, -0.2) is 24.6 Å². The molecule has 1 rings (SSSR count). The molecule has 1 amide bonds. The van der Waals surface area contributed by atoms with E-state index in [9.17, 15) is 4.79 Å². The van der Waals surface area contributed by atoms with E-state index in [0.29, 0.717) is 29.8 Å². The average Bonchev–Trinajstić information content (AvgIpc) is 2.37. The number of rotatable bonds is 8. The van der Waals surface area contributed by atoms with Crippen LogP contribution >= 0.6 is 11.6 Å². The predicted molar refractivity (Wildman–Crippen MR) is 86.8 cm³/mol. The highest BCUT2D eigenvalue weighted by Crippen LogP contribution is 2.25. The maximum Gasteiger partial charge on any atom is 0.223 e. The van der Waals surface area contributed by atoms with E-state index in [1.54, 1.807) is 0 Å². The highest BCUT2D eigenvalue weighted by Gasteiger charge is 2.06. The summed E-state index contributed by atoms with van der Waals surface area (Å²) >= 11 is 6.19. The molecular weight excluding hydrogens is 288 g/mol. The van der Waals surface area contributed by atoms with Crippen molar-refractivity contribution in [2.75, 3.05) is 6.61 Å². The number of ether oxygens (including phenoxy) is 1. The Morgan fingerprint density at radius 3 is 2.52 bits per heavy atom. The molecule has 0 bridgehead atoms. The van der Waals surface area contributed by atoms with Gasteiger partial charge < -0.3 is 15.4 Å². The van der Waals surface area contributed by atoms with Gasteiger partial charge in [-0.3, -0.25) is 4.79 Å². The van der Waals surface area contributed by atoms with Crippen molar-refractivity contribution in [1.82, 2.24) is 10.6 Å². The molecule has 1 aromatic carbocycles. The Bertz CT molecular complexity index is 462. The van der Waals surface area contributed by atoms with Gasteiger partial charge in [0.05, 0.1) is 18.1 Å². The molecule has 0 radical (unpaired) electrons. The number of hydrogen-bond donors (Lipinski definition) is 2. The van der Waals surface area contributed by atoms with E-state index in [2.05, 4.69) is 24.5 Å². The number of carbonyl (C=O) groups excluding carboxylic acids is 1. The smallest absolute Gasteiger partial charge is 0.223 e. The maximum absolute atomic E-state index is 11.5. The zero-order valence-corrected chi connectivity index (χ0v) is 14.0. The number of benzene rings is 1. The molecule has 0 unspecified atom stereocenters. The topological polar surface area (TPSA) is 50.4 Å². The first-order valence-electron chi connectivity index (χ1n) is 7.32. The molecular formula is C16H25ClN2O2. The van der Waals surface area contributed by atoms with Crippen molar-refractivity contribution in [3.63, 3.8) is 0 Å². The summed E-state index contributed by atoms with van der Waals surface area (Å²) in [5.74, 6) is 0.598. The third-order valence-electron chi connectivity index (χ3n) is 2.75. The van der Waals surface area contributed by atoms with Gasteiger partial charge in [0.2, 0.25) is 5.91 Å². The van der Waals surface area contributed by atoms with Crippen LogP contribution in [0.25, 0.3) is 0 Å². The Hall–Kier alpha value is -1.26. The number of halogens is 1. The molecule has 0 spiro atoms. The minimum Gasteiger partial charge on any atom is -0.491 e. The summed E-state index contributed by atoms with van der Waals surface area (Å²) in [6.07, 6.45) is 0.325. The van der Waals surface area contributed by atoms with Gasteiger partial charge in [0.1, 0.15) is 5.75 Å². The van der Waals surface area contributed by atoms with E-state index < -0.39 is 0 Å². The third-order valence-corrected chi connectivity index (χ3v) is 3.04. The SMILES string of the molecule is CC(C)NCc1ccc(OCCC(=O)NC(C)C)c(Cl)c1. The van der Waals surface area contributed by atoms with Gasteiger partial charge in [-0.05, 0) is 31.5 Å². The quantitative estimate of drug-likeness (QED) is 0.775. The van der Waals surface area contributed by atoms with Crippen molar-refractivity contribution < 1.29 is 9.53 Å². The van der Waals surface area contributed by atoms with Crippen LogP contribution in [0.5, 0.6) is 5.75 Å². The molecule has 2 N–H and O–H groups in total. The second kappa shape index (κ2) is 8.90. The molecule has 0 atom stereocenters. The highest BCUT2D eigenvalue weighted by atomic mass is 35.5. The summed E-state index contributed by atoms with van der Waals surface area (Å²) in [4.78, 5) is 11.5. The van der Waals surface area contributed by atoms with Crippen LogP contribution in [0.1, 0.15) is 39.7 Å². The molecule has 0 saturated heterocycles. The van der Waals surface area contributed by atoms with Gasteiger partial charge >= 0.3 is 0 Å². The van der Waals surface area contributed by atoms with Gasteiger partial charge in [0, 0.05) is 18.6 Å². The average molecular weight is 313 g/mol. The summed E-state index contributed by atoms with van der Waals surface area (Å²) in [5, 5.41) is 6.72. The third kappa shape index (κ3) is 7.34. The summed E-state index contributed by atoms with van der Waals surface area (Å²) in [5.41, 5.74) is 1.11. The summed E-state index contributed by atoms with van der Waals surface area (Å²) < 4.78 is 5.56. The molecule has 5 heteroatoms. The zero-order valence-electron chi connectivity index (χ0n) is 13.2. The van der Waals surface area contributed by atoms with Gasteiger partial charge in [-0.1, -0.05) is 31.5 Å².